The highest BCUT2D eigenvalue weighted by Crippen LogP contribution is 2.33. The summed E-state index contributed by atoms with van der Waals surface area (Å²) in [6.07, 6.45) is 5.30. The van der Waals surface area contributed by atoms with Crippen LogP contribution < -0.4 is 14.8 Å². The molecule has 0 unspecified atom stereocenters. The Hall–Kier alpha value is -1.35. The molecule has 0 spiro atoms. The number of benzene rings is 1. The summed E-state index contributed by atoms with van der Waals surface area (Å²) in [7, 11) is -1.43. The van der Waals surface area contributed by atoms with Crippen LogP contribution in [0.5, 0.6) is 5.75 Å². The number of ether oxygens (including phenoxy) is 1. The Labute approximate surface area is 171 Å². The fourth-order valence-electron chi connectivity index (χ4n) is 3.27. The molecule has 9 heteroatoms. The maximum Gasteiger partial charge on any atom is 0.208 e. The molecule has 3 rings (SSSR count). The highest BCUT2D eigenvalue weighted by Gasteiger charge is 2.22. The van der Waals surface area contributed by atoms with Gasteiger partial charge in [0.25, 0.3) is 0 Å². The largest absolute Gasteiger partial charge is 0.496 e. The monoisotopic (exact) mass is 431 g/mol. The van der Waals surface area contributed by atoms with E-state index in [1.165, 1.54) is 6.26 Å². The number of sulfonamides is 1. The predicted octanol–water partition coefficient (Wildman–Crippen LogP) is 3.76. The first-order valence-electron chi connectivity index (χ1n) is 8.74. The predicted molar refractivity (Wildman–Crippen MR) is 114 cm³/mol. The Kier molecular flexibility index (Phi) is 7.91. The van der Waals surface area contributed by atoms with E-state index in [1.54, 1.807) is 18.4 Å². The smallest absolute Gasteiger partial charge is 0.208 e. The number of thiazole rings is 1. The topological polar surface area (TPSA) is 80.3 Å². The zero-order chi connectivity index (χ0) is 18.6. The minimum absolute atomic E-state index is 0. The van der Waals surface area contributed by atoms with Crippen molar-refractivity contribution in [3.05, 3.63) is 29.6 Å². The van der Waals surface area contributed by atoms with Crippen molar-refractivity contribution in [1.82, 2.24) is 9.71 Å². The number of anilines is 1. The second-order valence-corrected chi connectivity index (χ2v) is 9.41. The van der Waals surface area contributed by atoms with Crippen LogP contribution in [0.2, 0.25) is 0 Å². The van der Waals surface area contributed by atoms with Crippen LogP contribution in [0.15, 0.2) is 29.6 Å². The molecule has 0 bridgehead atoms. The van der Waals surface area contributed by atoms with E-state index in [0.717, 1.165) is 47.8 Å². The zero-order valence-electron chi connectivity index (χ0n) is 15.5. The molecule has 1 aliphatic rings. The molecule has 1 heterocycles. The molecule has 1 saturated carbocycles. The zero-order valence-corrected chi connectivity index (χ0v) is 17.9. The summed E-state index contributed by atoms with van der Waals surface area (Å²) in [6.45, 7) is 0.542. The van der Waals surface area contributed by atoms with Crippen LogP contribution in [-0.2, 0) is 10.0 Å². The van der Waals surface area contributed by atoms with Gasteiger partial charge in [-0.3, -0.25) is 0 Å². The molecule has 1 aromatic carbocycles. The average molecular weight is 432 g/mol. The van der Waals surface area contributed by atoms with Crippen LogP contribution in [0.3, 0.4) is 0 Å². The molecular weight excluding hydrogens is 406 g/mol. The van der Waals surface area contributed by atoms with Gasteiger partial charge in [-0.1, -0.05) is 12.1 Å². The molecule has 0 saturated heterocycles. The molecule has 27 heavy (non-hydrogen) atoms. The average Bonchev–Trinajstić information content (AvgIpc) is 3.09. The maximum absolute atomic E-state index is 11.2. The normalized spacial score (nSPS) is 19.9. The van der Waals surface area contributed by atoms with Gasteiger partial charge < -0.3 is 10.1 Å². The van der Waals surface area contributed by atoms with Gasteiger partial charge in [-0.25, -0.2) is 18.1 Å². The summed E-state index contributed by atoms with van der Waals surface area (Å²) >= 11 is 1.60. The minimum atomic E-state index is -3.10. The standard InChI is InChI=1S/C18H25N3O3S2.ClH/c1-24-17-6-4-3-5-15(17)16-12-25-18(21-16)20-14-9-7-13(8-10-14)11-19-26(2,22)23;/h3-6,12-14,19H,7-11H2,1-2H3,(H,20,21);1H/t13-,14-;. The number of halogens is 1. The molecular formula is C18H26ClN3O3S2. The second-order valence-electron chi connectivity index (χ2n) is 6.72. The number of nitrogens with one attached hydrogen (secondary N) is 2. The van der Waals surface area contributed by atoms with Gasteiger partial charge in [0.15, 0.2) is 5.13 Å². The lowest BCUT2D eigenvalue weighted by molar-refractivity contribution is 0.337. The summed E-state index contributed by atoms with van der Waals surface area (Å²) in [5, 5.41) is 6.49. The van der Waals surface area contributed by atoms with Crippen LogP contribution in [0.25, 0.3) is 11.3 Å². The van der Waals surface area contributed by atoms with Crippen LogP contribution in [0, 0.1) is 5.92 Å². The van der Waals surface area contributed by atoms with E-state index in [-0.39, 0.29) is 12.4 Å². The number of aromatic nitrogens is 1. The number of rotatable bonds is 7. The second kappa shape index (κ2) is 9.73. The van der Waals surface area contributed by atoms with Gasteiger partial charge in [0.2, 0.25) is 10.0 Å². The van der Waals surface area contributed by atoms with E-state index in [9.17, 15) is 8.42 Å². The quantitative estimate of drug-likeness (QED) is 0.697. The van der Waals surface area contributed by atoms with Crippen LogP contribution in [-0.4, -0.2) is 39.4 Å². The van der Waals surface area contributed by atoms with E-state index >= 15 is 0 Å². The first-order chi connectivity index (χ1) is 12.4. The van der Waals surface area contributed by atoms with Gasteiger partial charge in [0.05, 0.1) is 19.1 Å². The van der Waals surface area contributed by atoms with E-state index in [0.29, 0.717) is 18.5 Å². The lowest BCUT2D eigenvalue weighted by Crippen LogP contribution is -2.33. The number of hydrogen-bond donors (Lipinski definition) is 2. The van der Waals surface area contributed by atoms with Crippen molar-refractivity contribution in [3.63, 3.8) is 0 Å². The van der Waals surface area contributed by atoms with Gasteiger partial charge in [0.1, 0.15) is 5.75 Å². The first kappa shape index (κ1) is 21.9. The third-order valence-corrected chi connectivity index (χ3v) is 6.16. The fraction of sp³-hybridized carbons (Fsp3) is 0.500. The Morgan fingerprint density at radius 1 is 1.22 bits per heavy atom. The number of methoxy groups -OCH3 is 1. The number of para-hydroxylation sites is 1. The van der Waals surface area contributed by atoms with Crippen molar-refractivity contribution in [2.45, 2.75) is 31.7 Å². The molecule has 0 atom stereocenters. The van der Waals surface area contributed by atoms with Gasteiger partial charge >= 0.3 is 0 Å². The fourth-order valence-corrected chi connectivity index (χ4v) is 4.60. The van der Waals surface area contributed by atoms with Gasteiger partial charge in [-0.05, 0) is 43.7 Å². The van der Waals surface area contributed by atoms with E-state index in [2.05, 4.69) is 10.0 Å². The van der Waals surface area contributed by atoms with Crippen molar-refractivity contribution >= 4 is 38.9 Å². The Morgan fingerprint density at radius 3 is 2.59 bits per heavy atom. The Balaban J connectivity index is 0.00000261. The molecule has 1 fully saturated rings. The lowest BCUT2D eigenvalue weighted by atomic mass is 9.86. The van der Waals surface area contributed by atoms with Gasteiger partial charge in [-0.15, -0.1) is 23.7 Å². The third kappa shape index (κ3) is 6.34. The SMILES string of the molecule is COc1ccccc1-c1csc(N[C@H]2CC[C@H](CNS(C)(=O)=O)CC2)n1.Cl. The van der Waals surface area contributed by atoms with E-state index in [4.69, 9.17) is 9.72 Å². The molecule has 2 N–H and O–H groups in total. The highest BCUT2D eigenvalue weighted by atomic mass is 35.5. The summed E-state index contributed by atoms with van der Waals surface area (Å²) in [5.41, 5.74) is 1.91. The van der Waals surface area contributed by atoms with Crippen molar-refractivity contribution < 1.29 is 13.2 Å². The Bertz CT molecular complexity index is 834. The molecule has 1 aromatic heterocycles. The van der Waals surface area contributed by atoms with E-state index < -0.39 is 10.0 Å². The third-order valence-electron chi connectivity index (χ3n) is 4.70. The first-order valence-corrected chi connectivity index (χ1v) is 11.5. The molecule has 0 aliphatic heterocycles. The lowest BCUT2D eigenvalue weighted by Gasteiger charge is -2.28. The molecule has 2 aromatic rings. The molecule has 150 valence electrons. The molecule has 1 aliphatic carbocycles. The summed E-state index contributed by atoms with van der Waals surface area (Å²) in [5.74, 6) is 1.24. The van der Waals surface area contributed by atoms with Crippen molar-refractivity contribution in [2.24, 2.45) is 5.92 Å². The summed E-state index contributed by atoms with van der Waals surface area (Å²) < 4.78 is 30.4. The van der Waals surface area contributed by atoms with Crippen molar-refractivity contribution in [3.8, 4) is 17.0 Å². The number of hydrogen-bond acceptors (Lipinski definition) is 6. The van der Waals surface area contributed by atoms with Crippen LogP contribution in [0.4, 0.5) is 5.13 Å². The highest BCUT2D eigenvalue weighted by molar-refractivity contribution is 7.88. The molecule has 6 nitrogen and oxygen atoms in total. The molecule has 0 radical (unpaired) electrons. The van der Waals surface area contributed by atoms with Crippen LogP contribution in [0.1, 0.15) is 25.7 Å². The van der Waals surface area contributed by atoms with E-state index in [1.807, 2.05) is 29.6 Å². The molecule has 0 amide bonds. The van der Waals surface area contributed by atoms with Gasteiger partial charge in [-0.2, -0.15) is 0 Å². The summed E-state index contributed by atoms with van der Waals surface area (Å²) in [6, 6.07) is 8.27. The maximum atomic E-state index is 11.2. The number of nitrogens with zero attached hydrogens (tertiary/aromatic N) is 1. The van der Waals surface area contributed by atoms with Gasteiger partial charge in [0, 0.05) is 23.5 Å². The summed E-state index contributed by atoms with van der Waals surface area (Å²) in [4.78, 5) is 4.71. The van der Waals surface area contributed by atoms with Crippen molar-refractivity contribution in [2.75, 3.05) is 25.2 Å². The Morgan fingerprint density at radius 2 is 1.93 bits per heavy atom. The van der Waals surface area contributed by atoms with Crippen LogP contribution >= 0.6 is 23.7 Å². The van der Waals surface area contributed by atoms with Crippen molar-refractivity contribution in [1.29, 1.82) is 0 Å². The minimum Gasteiger partial charge on any atom is -0.496 e.